The fourth-order valence-corrected chi connectivity index (χ4v) is 3.16. The van der Waals surface area contributed by atoms with E-state index in [4.69, 9.17) is 4.74 Å². The lowest BCUT2D eigenvalue weighted by molar-refractivity contribution is 0.420. The molecule has 0 bridgehead atoms. The molecule has 104 valence electrons. The number of fused-ring (bicyclic) bond motifs is 1. The molecule has 0 radical (unpaired) electrons. The first-order valence-corrected chi connectivity index (χ1v) is 7.55. The minimum absolute atomic E-state index is 0.624. The Morgan fingerprint density at radius 3 is 2.50 bits per heavy atom. The Morgan fingerprint density at radius 2 is 1.85 bits per heavy atom. The van der Waals surface area contributed by atoms with Crippen LogP contribution in [0.15, 0.2) is 30.5 Å². The molecule has 0 atom stereocenters. The molecule has 0 spiro atoms. The van der Waals surface area contributed by atoms with Crippen molar-refractivity contribution in [3.8, 4) is 5.75 Å². The van der Waals surface area contributed by atoms with Gasteiger partial charge in [0.25, 0.3) is 0 Å². The lowest BCUT2D eigenvalue weighted by atomic mass is 10.1. The van der Waals surface area contributed by atoms with Gasteiger partial charge in [-0.05, 0) is 49.7 Å². The first kappa shape index (κ1) is 12.0. The van der Waals surface area contributed by atoms with Crippen LogP contribution in [0.2, 0.25) is 0 Å². The minimum atomic E-state index is 0.624. The van der Waals surface area contributed by atoms with Crippen molar-refractivity contribution < 1.29 is 4.74 Å². The highest BCUT2D eigenvalue weighted by Gasteiger charge is 2.41. The van der Waals surface area contributed by atoms with Gasteiger partial charge >= 0.3 is 0 Å². The van der Waals surface area contributed by atoms with E-state index in [2.05, 4.69) is 16.4 Å². The van der Waals surface area contributed by atoms with E-state index >= 15 is 0 Å². The Hall–Kier alpha value is -1.77. The lowest BCUT2D eigenvalue weighted by Crippen LogP contribution is -2.24. The molecule has 1 N–H and O–H groups in total. The van der Waals surface area contributed by atoms with Gasteiger partial charge in [-0.2, -0.15) is 0 Å². The molecule has 2 saturated carbocycles. The number of nitrogens with zero attached hydrogens (tertiary/aromatic N) is 1. The summed E-state index contributed by atoms with van der Waals surface area (Å²) in [6.45, 7) is 0. The molecule has 0 saturated heterocycles. The molecule has 0 unspecified atom stereocenters. The highest BCUT2D eigenvalue weighted by atomic mass is 16.5. The van der Waals surface area contributed by atoms with Crippen LogP contribution in [0.4, 0.5) is 5.82 Å². The van der Waals surface area contributed by atoms with Crippen molar-refractivity contribution in [3.63, 3.8) is 0 Å². The maximum atomic E-state index is 5.45. The average molecular weight is 268 g/mol. The molecule has 1 aromatic carbocycles. The van der Waals surface area contributed by atoms with Crippen molar-refractivity contribution in [2.75, 3.05) is 12.4 Å². The molecule has 3 heteroatoms. The summed E-state index contributed by atoms with van der Waals surface area (Å²) >= 11 is 0. The number of nitrogens with one attached hydrogen (secondary N) is 1. The molecule has 2 aliphatic carbocycles. The van der Waals surface area contributed by atoms with Crippen LogP contribution in [-0.4, -0.2) is 18.1 Å². The largest absolute Gasteiger partial charge is 0.496 e. The number of hydrogen-bond acceptors (Lipinski definition) is 3. The summed E-state index contributed by atoms with van der Waals surface area (Å²) in [5.74, 6) is 3.67. The Balaban J connectivity index is 1.71. The van der Waals surface area contributed by atoms with E-state index in [1.807, 2.05) is 24.4 Å². The number of methoxy groups -OCH3 is 1. The van der Waals surface area contributed by atoms with Crippen LogP contribution in [0.1, 0.15) is 25.7 Å². The molecular formula is C17H20N2O. The van der Waals surface area contributed by atoms with Gasteiger partial charge < -0.3 is 10.1 Å². The van der Waals surface area contributed by atoms with Gasteiger partial charge in [0.05, 0.1) is 7.11 Å². The smallest absolute Gasteiger partial charge is 0.134 e. The molecule has 2 fully saturated rings. The first-order valence-electron chi connectivity index (χ1n) is 7.55. The molecule has 2 aromatic rings. The van der Waals surface area contributed by atoms with Crippen LogP contribution in [-0.2, 0) is 0 Å². The predicted molar refractivity (Wildman–Crippen MR) is 81.2 cm³/mol. The van der Waals surface area contributed by atoms with E-state index in [9.17, 15) is 0 Å². The van der Waals surface area contributed by atoms with Gasteiger partial charge in [-0.15, -0.1) is 0 Å². The molecule has 1 aromatic heterocycles. The van der Waals surface area contributed by atoms with Crippen LogP contribution in [0, 0.1) is 11.8 Å². The normalized spacial score (nSPS) is 18.5. The lowest BCUT2D eigenvalue weighted by Gasteiger charge is -2.19. The van der Waals surface area contributed by atoms with Crippen LogP contribution >= 0.6 is 0 Å². The van der Waals surface area contributed by atoms with Crippen LogP contribution in [0.3, 0.4) is 0 Å². The SMILES string of the molecule is COc1cccc2c(NC(C3CC3)C3CC3)nccc12. The molecule has 3 nitrogen and oxygen atoms in total. The third kappa shape index (κ3) is 2.11. The van der Waals surface area contributed by atoms with Crippen molar-refractivity contribution in [3.05, 3.63) is 30.5 Å². The van der Waals surface area contributed by atoms with Gasteiger partial charge in [0.1, 0.15) is 11.6 Å². The van der Waals surface area contributed by atoms with E-state index in [0.717, 1.165) is 34.2 Å². The second-order valence-corrected chi connectivity index (χ2v) is 6.06. The van der Waals surface area contributed by atoms with Crippen molar-refractivity contribution >= 4 is 16.6 Å². The molecule has 4 rings (SSSR count). The fraction of sp³-hybridized carbons (Fsp3) is 0.471. The van der Waals surface area contributed by atoms with Gasteiger partial charge in [0.2, 0.25) is 0 Å². The van der Waals surface area contributed by atoms with Crippen LogP contribution in [0.25, 0.3) is 10.8 Å². The van der Waals surface area contributed by atoms with E-state index in [0.29, 0.717) is 6.04 Å². The maximum absolute atomic E-state index is 5.45. The number of ether oxygens (including phenoxy) is 1. The fourth-order valence-electron chi connectivity index (χ4n) is 3.16. The summed E-state index contributed by atoms with van der Waals surface area (Å²) in [5.41, 5.74) is 0. The van der Waals surface area contributed by atoms with Crippen LogP contribution in [0.5, 0.6) is 5.75 Å². The predicted octanol–water partition coefficient (Wildman–Crippen LogP) is 3.84. The number of hydrogen-bond donors (Lipinski definition) is 1. The minimum Gasteiger partial charge on any atom is -0.496 e. The molecule has 2 aliphatic rings. The van der Waals surface area contributed by atoms with Crippen molar-refractivity contribution in [1.29, 1.82) is 0 Å². The standard InChI is InChI=1S/C17H20N2O/c1-20-15-4-2-3-14-13(15)9-10-18-17(14)19-16(11-5-6-11)12-7-8-12/h2-4,9-12,16H,5-8H2,1H3,(H,18,19). The van der Waals surface area contributed by atoms with Gasteiger partial charge in [0, 0.05) is 23.0 Å². The quantitative estimate of drug-likeness (QED) is 0.894. The van der Waals surface area contributed by atoms with Gasteiger partial charge in [0.15, 0.2) is 0 Å². The highest BCUT2D eigenvalue weighted by Crippen LogP contribution is 2.46. The van der Waals surface area contributed by atoms with E-state index in [-0.39, 0.29) is 0 Å². The average Bonchev–Trinajstić information content (AvgIpc) is 3.38. The summed E-state index contributed by atoms with van der Waals surface area (Å²) in [6, 6.07) is 8.83. The molecule has 0 amide bonds. The second kappa shape index (κ2) is 4.65. The molecule has 1 heterocycles. The van der Waals surface area contributed by atoms with Gasteiger partial charge in [-0.3, -0.25) is 0 Å². The zero-order chi connectivity index (χ0) is 13.5. The zero-order valence-corrected chi connectivity index (χ0v) is 11.8. The Morgan fingerprint density at radius 1 is 1.10 bits per heavy atom. The number of anilines is 1. The van der Waals surface area contributed by atoms with Crippen molar-refractivity contribution in [2.24, 2.45) is 11.8 Å². The summed E-state index contributed by atoms with van der Waals surface area (Å²) in [7, 11) is 1.72. The second-order valence-electron chi connectivity index (χ2n) is 6.06. The Kier molecular flexibility index (Phi) is 2.79. The number of aromatic nitrogens is 1. The Labute approximate surface area is 119 Å². The summed E-state index contributed by atoms with van der Waals surface area (Å²) < 4.78 is 5.45. The monoisotopic (exact) mass is 268 g/mol. The zero-order valence-electron chi connectivity index (χ0n) is 11.8. The van der Waals surface area contributed by atoms with Gasteiger partial charge in [-0.1, -0.05) is 12.1 Å². The van der Waals surface area contributed by atoms with Crippen molar-refractivity contribution in [1.82, 2.24) is 4.98 Å². The first-order chi connectivity index (χ1) is 9.86. The molecule has 20 heavy (non-hydrogen) atoms. The summed E-state index contributed by atoms with van der Waals surface area (Å²) in [4.78, 5) is 4.58. The third-order valence-corrected chi connectivity index (χ3v) is 4.55. The highest BCUT2D eigenvalue weighted by molar-refractivity contribution is 5.95. The molecular weight excluding hydrogens is 248 g/mol. The molecule has 0 aliphatic heterocycles. The number of rotatable bonds is 5. The Bertz CT molecular complexity index is 620. The topological polar surface area (TPSA) is 34.1 Å². The maximum Gasteiger partial charge on any atom is 0.134 e. The van der Waals surface area contributed by atoms with Crippen LogP contribution < -0.4 is 10.1 Å². The number of pyridine rings is 1. The summed E-state index contributed by atoms with van der Waals surface area (Å²) in [5, 5.41) is 6.03. The van der Waals surface area contributed by atoms with Crippen molar-refractivity contribution in [2.45, 2.75) is 31.7 Å². The van der Waals surface area contributed by atoms with Gasteiger partial charge in [-0.25, -0.2) is 4.98 Å². The van der Waals surface area contributed by atoms with E-state index in [1.54, 1.807) is 7.11 Å². The number of benzene rings is 1. The third-order valence-electron chi connectivity index (χ3n) is 4.55. The summed E-state index contributed by atoms with van der Waals surface area (Å²) in [6.07, 6.45) is 7.39. The van der Waals surface area contributed by atoms with E-state index in [1.165, 1.54) is 25.7 Å². The van der Waals surface area contributed by atoms with E-state index < -0.39 is 0 Å².